The molecule has 2 atom stereocenters. The molecule has 3 heteroatoms. The molecule has 2 bridgehead atoms. The Labute approximate surface area is 123 Å². The Balaban J connectivity index is 1.83. The standard InChI is InChI=1S/C17H30N2O/c1-15(2)8-13-9-16(3,10-15)12-19(13)14(20)17(11-18)6-4-5-7-17/h13H,4-12,18H2,1-3H3. The van der Waals surface area contributed by atoms with Crippen molar-refractivity contribution in [3.8, 4) is 0 Å². The molecule has 3 nitrogen and oxygen atoms in total. The van der Waals surface area contributed by atoms with Crippen molar-refractivity contribution in [2.24, 2.45) is 22.0 Å². The van der Waals surface area contributed by atoms with Crippen LogP contribution in [0.1, 0.15) is 65.7 Å². The van der Waals surface area contributed by atoms with Gasteiger partial charge in [-0.25, -0.2) is 0 Å². The second kappa shape index (κ2) is 4.46. The Morgan fingerprint density at radius 1 is 1.20 bits per heavy atom. The maximum absolute atomic E-state index is 13.1. The van der Waals surface area contributed by atoms with Gasteiger partial charge in [-0.15, -0.1) is 0 Å². The van der Waals surface area contributed by atoms with E-state index in [1.165, 1.54) is 25.7 Å². The molecule has 1 heterocycles. The summed E-state index contributed by atoms with van der Waals surface area (Å²) in [6.45, 7) is 8.59. The van der Waals surface area contributed by atoms with Crippen molar-refractivity contribution in [1.29, 1.82) is 0 Å². The number of likely N-dealkylation sites (tertiary alicyclic amines) is 1. The van der Waals surface area contributed by atoms with E-state index in [0.29, 0.717) is 29.3 Å². The number of nitrogens with zero attached hydrogens (tertiary/aromatic N) is 1. The smallest absolute Gasteiger partial charge is 0.230 e. The molecule has 1 amide bonds. The quantitative estimate of drug-likeness (QED) is 0.844. The largest absolute Gasteiger partial charge is 0.339 e. The van der Waals surface area contributed by atoms with Gasteiger partial charge in [-0.05, 0) is 42.9 Å². The van der Waals surface area contributed by atoms with Gasteiger partial charge in [0.2, 0.25) is 5.91 Å². The van der Waals surface area contributed by atoms with Crippen LogP contribution in [-0.2, 0) is 4.79 Å². The fourth-order valence-corrected chi connectivity index (χ4v) is 5.56. The van der Waals surface area contributed by atoms with E-state index in [4.69, 9.17) is 5.73 Å². The van der Waals surface area contributed by atoms with Crippen molar-refractivity contribution in [1.82, 2.24) is 4.90 Å². The Morgan fingerprint density at radius 2 is 1.85 bits per heavy atom. The normalized spacial score (nSPS) is 38.2. The highest BCUT2D eigenvalue weighted by molar-refractivity contribution is 5.84. The second-order valence-electron chi connectivity index (χ2n) is 8.84. The molecule has 2 unspecified atom stereocenters. The lowest BCUT2D eigenvalue weighted by molar-refractivity contribution is -0.142. The summed E-state index contributed by atoms with van der Waals surface area (Å²) in [4.78, 5) is 15.4. The van der Waals surface area contributed by atoms with Crippen LogP contribution >= 0.6 is 0 Å². The Morgan fingerprint density at radius 3 is 2.45 bits per heavy atom. The third-order valence-electron chi connectivity index (χ3n) is 6.08. The van der Waals surface area contributed by atoms with E-state index < -0.39 is 0 Å². The average molecular weight is 278 g/mol. The zero-order valence-electron chi connectivity index (χ0n) is 13.4. The monoisotopic (exact) mass is 278 g/mol. The first-order valence-corrected chi connectivity index (χ1v) is 8.31. The number of carbonyl (C=O) groups excluding carboxylic acids is 1. The molecule has 114 valence electrons. The number of carbonyl (C=O) groups is 1. The SMILES string of the molecule is CC1(C)CC2CC(C)(CN2C(=O)C2(CN)CCCC2)C1. The maximum atomic E-state index is 13.1. The molecule has 2 saturated carbocycles. The van der Waals surface area contributed by atoms with Gasteiger partial charge in [-0.3, -0.25) is 4.79 Å². The van der Waals surface area contributed by atoms with Gasteiger partial charge in [0.15, 0.2) is 0 Å². The summed E-state index contributed by atoms with van der Waals surface area (Å²) in [6, 6.07) is 0.459. The van der Waals surface area contributed by atoms with Crippen LogP contribution in [0.15, 0.2) is 0 Å². The van der Waals surface area contributed by atoms with Gasteiger partial charge in [-0.2, -0.15) is 0 Å². The Hall–Kier alpha value is -0.570. The van der Waals surface area contributed by atoms with Crippen LogP contribution in [0.3, 0.4) is 0 Å². The zero-order valence-corrected chi connectivity index (χ0v) is 13.4. The first kappa shape index (κ1) is 14.4. The minimum Gasteiger partial charge on any atom is -0.339 e. The second-order valence-corrected chi connectivity index (χ2v) is 8.84. The minimum absolute atomic E-state index is 0.224. The Kier molecular flexibility index (Phi) is 3.20. The summed E-state index contributed by atoms with van der Waals surface area (Å²) >= 11 is 0. The van der Waals surface area contributed by atoms with Crippen LogP contribution in [0.5, 0.6) is 0 Å². The molecule has 3 fully saturated rings. The van der Waals surface area contributed by atoms with E-state index in [0.717, 1.165) is 25.8 Å². The van der Waals surface area contributed by atoms with Crippen LogP contribution in [0.2, 0.25) is 0 Å². The summed E-state index contributed by atoms with van der Waals surface area (Å²) in [5.74, 6) is 0.379. The molecule has 2 aliphatic carbocycles. The molecule has 2 N–H and O–H groups in total. The fraction of sp³-hybridized carbons (Fsp3) is 0.941. The van der Waals surface area contributed by atoms with E-state index in [1.54, 1.807) is 0 Å². The van der Waals surface area contributed by atoms with E-state index in [-0.39, 0.29) is 5.41 Å². The average Bonchev–Trinajstić information content (AvgIpc) is 2.90. The first-order chi connectivity index (χ1) is 9.29. The molecule has 20 heavy (non-hydrogen) atoms. The van der Waals surface area contributed by atoms with Crippen LogP contribution in [0.4, 0.5) is 0 Å². The number of rotatable bonds is 2. The maximum Gasteiger partial charge on any atom is 0.230 e. The van der Waals surface area contributed by atoms with Crippen LogP contribution < -0.4 is 5.73 Å². The number of amides is 1. The molecule has 0 aromatic rings. The summed E-state index contributed by atoms with van der Waals surface area (Å²) in [6.07, 6.45) is 7.96. The van der Waals surface area contributed by atoms with Crippen LogP contribution in [-0.4, -0.2) is 29.9 Å². The van der Waals surface area contributed by atoms with Crippen molar-refractivity contribution in [3.05, 3.63) is 0 Å². The third-order valence-corrected chi connectivity index (χ3v) is 6.08. The van der Waals surface area contributed by atoms with Crippen molar-refractivity contribution in [2.45, 2.75) is 71.8 Å². The highest BCUT2D eigenvalue weighted by atomic mass is 16.2. The minimum atomic E-state index is -0.224. The molecule has 3 rings (SSSR count). The molecule has 0 spiro atoms. The summed E-state index contributed by atoms with van der Waals surface area (Å²) in [7, 11) is 0. The summed E-state index contributed by atoms with van der Waals surface area (Å²) < 4.78 is 0. The van der Waals surface area contributed by atoms with E-state index in [9.17, 15) is 4.79 Å². The molecule has 3 aliphatic rings. The van der Waals surface area contributed by atoms with Gasteiger partial charge < -0.3 is 10.6 Å². The summed E-state index contributed by atoms with van der Waals surface area (Å²) in [5, 5.41) is 0. The highest BCUT2D eigenvalue weighted by Crippen LogP contribution is 2.54. The molecule has 1 saturated heterocycles. The lowest BCUT2D eigenvalue weighted by Gasteiger charge is -2.40. The molecular weight excluding hydrogens is 248 g/mol. The van der Waals surface area contributed by atoms with Crippen molar-refractivity contribution < 1.29 is 4.79 Å². The number of fused-ring (bicyclic) bond motifs is 2. The topological polar surface area (TPSA) is 46.3 Å². The molecule has 0 aromatic heterocycles. The third kappa shape index (κ3) is 2.18. The van der Waals surface area contributed by atoms with Gasteiger partial charge in [0.1, 0.15) is 0 Å². The fourth-order valence-electron chi connectivity index (χ4n) is 5.56. The Bertz CT molecular complexity index is 411. The van der Waals surface area contributed by atoms with E-state index in [1.807, 2.05) is 0 Å². The van der Waals surface area contributed by atoms with E-state index >= 15 is 0 Å². The lowest BCUT2D eigenvalue weighted by atomic mass is 9.65. The lowest BCUT2D eigenvalue weighted by Crippen LogP contribution is -2.48. The van der Waals surface area contributed by atoms with Crippen molar-refractivity contribution in [2.75, 3.05) is 13.1 Å². The first-order valence-electron chi connectivity index (χ1n) is 8.31. The number of hydrogen-bond donors (Lipinski definition) is 1. The van der Waals surface area contributed by atoms with Gasteiger partial charge in [0, 0.05) is 19.1 Å². The van der Waals surface area contributed by atoms with Crippen LogP contribution in [0.25, 0.3) is 0 Å². The molecule has 0 aromatic carbocycles. The molecule has 0 radical (unpaired) electrons. The molecular formula is C17H30N2O. The van der Waals surface area contributed by atoms with Crippen molar-refractivity contribution >= 4 is 5.91 Å². The van der Waals surface area contributed by atoms with Crippen molar-refractivity contribution in [3.63, 3.8) is 0 Å². The summed E-state index contributed by atoms with van der Waals surface area (Å²) in [5.41, 5.74) is 6.49. The number of hydrogen-bond acceptors (Lipinski definition) is 2. The van der Waals surface area contributed by atoms with E-state index in [2.05, 4.69) is 25.7 Å². The predicted octanol–water partition coefficient (Wildman–Crippen LogP) is 2.93. The highest BCUT2D eigenvalue weighted by Gasteiger charge is 2.54. The van der Waals surface area contributed by atoms with Gasteiger partial charge in [-0.1, -0.05) is 33.6 Å². The van der Waals surface area contributed by atoms with Gasteiger partial charge in [0.05, 0.1) is 5.41 Å². The molecule has 1 aliphatic heterocycles. The zero-order chi connectivity index (χ0) is 14.6. The van der Waals surface area contributed by atoms with Gasteiger partial charge in [0.25, 0.3) is 0 Å². The predicted molar refractivity (Wildman–Crippen MR) is 81.2 cm³/mol. The number of nitrogens with two attached hydrogens (primary N) is 1. The van der Waals surface area contributed by atoms with Crippen LogP contribution in [0, 0.1) is 16.2 Å². The van der Waals surface area contributed by atoms with Gasteiger partial charge >= 0.3 is 0 Å².